The van der Waals surface area contributed by atoms with Crippen LogP contribution in [0, 0.1) is 0 Å². The molecule has 0 saturated carbocycles. The van der Waals surface area contributed by atoms with Gasteiger partial charge in [0.25, 0.3) is 0 Å². The van der Waals surface area contributed by atoms with Gasteiger partial charge in [-0.2, -0.15) is 0 Å². The summed E-state index contributed by atoms with van der Waals surface area (Å²) in [6.07, 6.45) is 0.941. The highest BCUT2D eigenvalue weighted by Gasteiger charge is 2.20. The first-order chi connectivity index (χ1) is 10.3. The molecule has 0 spiro atoms. The van der Waals surface area contributed by atoms with E-state index in [-0.39, 0.29) is 12.0 Å². The summed E-state index contributed by atoms with van der Waals surface area (Å²) in [6, 6.07) is 5.38. The molecular weight excluding hydrogens is 284 g/mol. The number of esters is 1. The number of anilines is 2. The van der Waals surface area contributed by atoms with E-state index in [1.54, 1.807) is 18.2 Å². The first-order valence-corrected chi connectivity index (χ1v) is 7.27. The number of hydrogen-bond donors (Lipinski definition) is 3. The second-order valence-corrected chi connectivity index (χ2v) is 6.01. The minimum absolute atomic E-state index is 0.242. The van der Waals surface area contributed by atoms with Crippen LogP contribution in [0.2, 0.25) is 0 Å². The molecule has 0 aromatic heterocycles. The average Bonchev–Trinajstić information content (AvgIpc) is 2.94. The Hall–Kier alpha value is -1.79. The predicted molar refractivity (Wildman–Crippen MR) is 87.0 cm³/mol. The van der Waals surface area contributed by atoms with Crippen LogP contribution in [0.25, 0.3) is 0 Å². The van der Waals surface area contributed by atoms with Crippen molar-refractivity contribution in [2.45, 2.75) is 38.8 Å². The van der Waals surface area contributed by atoms with E-state index in [0.29, 0.717) is 17.9 Å². The maximum Gasteiger partial charge on any atom is 0.338 e. The van der Waals surface area contributed by atoms with Crippen molar-refractivity contribution in [3.05, 3.63) is 23.8 Å². The van der Waals surface area contributed by atoms with Crippen LogP contribution >= 0.6 is 0 Å². The van der Waals surface area contributed by atoms with E-state index in [4.69, 9.17) is 20.3 Å². The lowest BCUT2D eigenvalue weighted by Gasteiger charge is -2.20. The van der Waals surface area contributed by atoms with Crippen LogP contribution in [0.15, 0.2) is 18.2 Å². The third kappa shape index (κ3) is 5.54. The zero-order valence-electron chi connectivity index (χ0n) is 13.7. The van der Waals surface area contributed by atoms with Gasteiger partial charge in [-0.15, -0.1) is 0 Å². The molecule has 1 fully saturated rings. The predicted octanol–water partition coefficient (Wildman–Crippen LogP) is 2.03. The van der Waals surface area contributed by atoms with Gasteiger partial charge in [-0.25, -0.2) is 4.79 Å². The third-order valence-electron chi connectivity index (χ3n) is 2.98. The van der Waals surface area contributed by atoms with Gasteiger partial charge >= 0.3 is 5.97 Å². The lowest BCUT2D eigenvalue weighted by atomic mass is 10.1. The number of benzene rings is 1. The molecular formula is C16H26N2O4. The maximum atomic E-state index is 12.0. The van der Waals surface area contributed by atoms with E-state index in [1.165, 1.54) is 0 Å². The van der Waals surface area contributed by atoms with Crippen LogP contribution in [-0.4, -0.2) is 43.0 Å². The molecule has 6 heteroatoms. The zero-order chi connectivity index (χ0) is 16.8. The molecule has 0 aliphatic carbocycles. The van der Waals surface area contributed by atoms with Crippen molar-refractivity contribution in [1.82, 2.24) is 0 Å². The van der Waals surface area contributed by atoms with Crippen LogP contribution in [0.3, 0.4) is 0 Å². The summed E-state index contributed by atoms with van der Waals surface area (Å²) < 4.78 is 10.7. The highest BCUT2D eigenvalue weighted by atomic mass is 16.6. The molecule has 0 amide bonds. The van der Waals surface area contributed by atoms with Crippen LogP contribution in [0.5, 0.6) is 0 Å². The summed E-state index contributed by atoms with van der Waals surface area (Å²) in [4.78, 5) is 12.0. The molecule has 1 aromatic rings. The van der Waals surface area contributed by atoms with Crippen molar-refractivity contribution >= 4 is 17.3 Å². The van der Waals surface area contributed by atoms with Crippen LogP contribution in [0.1, 0.15) is 37.6 Å². The van der Waals surface area contributed by atoms with Crippen molar-refractivity contribution in [2.75, 3.05) is 31.4 Å². The molecule has 4 N–H and O–H groups in total. The first kappa shape index (κ1) is 18.3. The van der Waals surface area contributed by atoms with E-state index in [1.807, 2.05) is 20.8 Å². The molecule has 1 atom stereocenters. The number of carbonyl (C=O) groups excluding carboxylic acids is 1. The Bertz CT molecular complexity index is 491. The molecule has 1 aliphatic rings. The molecule has 124 valence electrons. The van der Waals surface area contributed by atoms with Crippen molar-refractivity contribution in [1.29, 1.82) is 0 Å². The highest BCUT2D eigenvalue weighted by Crippen LogP contribution is 2.24. The van der Waals surface area contributed by atoms with Crippen LogP contribution in [-0.2, 0) is 9.47 Å². The Labute approximate surface area is 131 Å². The number of nitrogens with two attached hydrogens (primary N) is 1. The third-order valence-corrected chi connectivity index (χ3v) is 2.98. The molecule has 2 rings (SSSR count). The summed E-state index contributed by atoms with van der Waals surface area (Å²) in [5.41, 5.74) is 7.30. The molecule has 1 unspecified atom stereocenters. The Morgan fingerprint density at radius 2 is 2.09 bits per heavy atom. The molecule has 1 saturated heterocycles. The van der Waals surface area contributed by atoms with E-state index < -0.39 is 5.60 Å². The Morgan fingerprint density at radius 1 is 1.41 bits per heavy atom. The van der Waals surface area contributed by atoms with E-state index in [2.05, 4.69) is 5.32 Å². The fourth-order valence-corrected chi connectivity index (χ4v) is 2.01. The van der Waals surface area contributed by atoms with Gasteiger partial charge in [0.1, 0.15) is 5.60 Å². The van der Waals surface area contributed by atoms with Crippen LogP contribution < -0.4 is 11.1 Å². The lowest BCUT2D eigenvalue weighted by molar-refractivity contribution is 0.00696. The minimum atomic E-state index is -0.509. The largest absolute Gasteiger partial charge is 0.456 e. The van der Waals surface area contributed by atoms with Gasteiger partial charge in [-0.05, 0) is 45.4 Å². The van der Waals surface area contributed by atoms with Crippen molar-refractivity contribution < 1.29 is 19.4 Å². The fraction of sp³-hybridized carbons (Fsp3) is 0.562. The summed E-state index contributed by atoms with van der Waals surface area (Å²) >= 11 is 0. The zero-order valence-corrected chi connectivity index (χ0v) is 13.7. The number of ether oxygens (including phenoxy) is 2. The number of nitrogens with one attached hydrogen (secondary N) is 1. The Kier molecular flexibility index (Phi) is 6.64. The maximum absolute atomic E-state index is 12.0. The molecule has 1 heterocycles. The van der Waals surface area contributed by atoms with E-state index in [0.717, 1.165) is 25.8 Å². The number of nitrogen functional groups attached to an aromatic ring is 1. The monoisotopic (exact) mass is 310 g/mol. The minimum Gasteiger partial charge on any atom is -0.456 e. The van der Waals surface area contributed by atoms with Gasteiger partial charge in [0.2, 0.25) is 0 Å². The van der Waals surface area contributed by atoms with E-state index >= 15 is 0 Å². The molecule has 22 heavy (non-hydrogen) atoms. The number of carbonyl (C=O) groups is 1. The SMILES string of the molecule is CC(C)(C)OC(=O)c1ccc(N)c(NC2CCOC2)c1.CO. The van der Waals surface area contributed by atoms with Crippen molar-refractivity contribution in [3.63, 3.8) is 0 Å². The van der Waals surface area contributed by atoms with Gasteiger partial charge in [0.05, 0.1) is 29.6 Å². The van der Waals surface area contributed by atoms with Gasteiger partial charge in [0.15, 0.2) is 0 Å². The molecule has 1 aliphatic heterocycles. The molecule has 0 radical (unpaired) electrons. The van der Waals surface area contributed by atoms with Crippen molar-refractivity contribution in [3.8, 4) is 0 Å². The molecule has 6 nitrogen and oxygen atoms in total. The van der Waals surface area contributed by atoms with Crippen LogP contribution in [0.4, 0.5) is 11.4 Å². The second-order valence-electron chi connectivity index (χ2n) is 6.01. The topological polar surface area (TPSA) is 93.8 Å². The normalized spacial score (nSPS) is 17.4. The Balaban J connectivity index is 0.00000116. The number of rotatable bonds is 3. The average molecular weight is 310 g/mol. The summed E-state index contributed by atoms with van der Waals surface area (Å²) in [7, 11) is 1.00. The summed E-state index contributed by atoms with van der Waals surface area (Å²) in [6.45, 7) is 6.95. The lowest BCUT2D eigenvalue weighted by Crippen LogP contribution is -2.24. The van der Waals surface area contributed by atoms with E-state index in [9.17, 15) is 4.79 Å². The summed E-state index contributed by atoms with van der Waals surface area (Å²) in [5.74, 6) is -0.344. The highest BCUT2D eigenvalue weighted by molar-refractivity contribution is 5.92. The molecule has 1 aromatic carbocycles. The van der Waals surface area contributed by atoms with Crippen molar-refractivity contribution in [2.24, 2.45) is 0 Å². The first-order valence-electron chi connectivity index (χ1n) is 7.27. The number of aliphatic hydroxyl groups excluding tert-OH is 1. The quantitative estimate of drug-likeness (QED) is 0.584. The standard InChI is InChI=1S/C15H22N2O3.CH4O/c1-15(2,3)20-14(18)10-4-5-12(16)13(8-10)17-11-6-7-19-9-11;1-2/h4-5,8,11,17H,6-7,9,16H2,1-3H3;2H,1H3. The van der Waals surface area contributed by atoms with Gasteiger partial charge in [0, 0.05) is 13.7 Å². The van der Waals surface area contributed by atoms with Gasteiger partial charge in [-0.3, -0.25) is 0 Å². The number of hydrogen-bond acceptors (Lipinski definition) is 6. The van der Waals surface area contributed by atoms with Gasteiger partial charge < -0.3 is 25.6 Å². The number of aliphatic hydroxyl groups is 1. The smallest absolute Gasteiger partial charge is 0.338 e. The summed E-state index contributed by atoms with van der Waals surface area (Å²) in [5, 5.41) is 10.3. The second kappa shape index (κ2) is 8.00. The van der Waals surface area contributed by atoms with Gasteiger partial charge in [-0.1, -0.05) is 0 Å². The Morgan fingerprint density at radius 3 is 2.64 bits per heavy atom. The molecule has 0 bridgehead atoms. The fourth-order valence-electron chi connectivity index (χ4n) is 2.01.